The molecule has 7 heteroatoms. The molecule has 30 heavy (non-hydrogen) atoms. The van der Waals surface area contributed by atoms with Crippen molar-refractivity contribution in [1.29, 1.82) is 0 Å². The van der Waals surface area contributed by atoms with Crippen LogP contribution in [0.2, 0.25) is 0 Å². The summed E-state index contributed by atoms with van der Waals surface area (Å²) in [5.74, 6) is 0.619. The van der Waals surface area contributed by atoms with E-state index in [4.69, 9.17) is 0 Å². The first-order valence-corrected chi connectivity index (χ1v) is 9.87. The number of carbonyl (C=O) groups is 1. The van der Waals surface area contributed by atoms with Gasteiger partial charge in [-0.3, -0.25) is 9.48 Å². The minimum absolute atomic E-state index is 0.00234. The third-order valence-electron chi connectivity index (χ3n) is 5.14. The maximum absolute atomic E-state index is 13.2. The van der Waals surface area contributed by atoms with Gasteiger partial charge in [0, 0.05) is 63.1 Å². The molecule has 0 saturated carbocycles. The third kappa shape index (κ3) is 3.87. The normalized spacial score (nSPS) is 10.9. The molecule has 1 aromatic carbocycles. The topological polar surface area (TPSA) is 68.8 Å². The van der Waals surface area contributed by atoms with Crippen molar-refractivity contribution in [3.8, 4) is 22.6 Å². The number of aryl methyl sites for hydroxylation is 2. The van der Waals surface area contributed by atoms with Crippen LogP contribution in [0.5, 0.6) is 0 Å². The highest BCUT2D eigenvalue weighted by molar-refractivity contribution is 5.94. The summed E-state index contributed by atoms with van der Waals surface area (Å²) in [6.45, 7) is 3.21. The van der Waals surface area contributed by atoms with Gasteiger partial charge in [0.25, 0.3) is 5.91 Å². The van der Waals surface area contributed by atoms with E-state index in [0.717, 1.165) is 22.4 Å². The van der Waals surface area contributed by atoms with Gasteiger partial charge in [-0.25, -0.2) is 9.97 Å². The zero-order valence-corrected chi connectivity index (χ0v) is 17.4. The fraction of sp³-hybridized carbons (Fsp3) is 0.217. The Labute approximate surface area is 175 Å². The quantitative estimate of drug-likeness (QED) is 0.496. The lowest BCUT2D eigenvalue weighted by Gasteiger charge is -2.21. The largest absolute Gasteiger partial charge is 0.346 e. The number of aromatic nitrogens is 5. The van der Waals surface area contributed by atoms with Crippen LogP contribution in [0.4, 0.5) is 0 Å². The molecular weight excluding hydrogens is 376 g/mol. The van der Waals surface area contributed by atoms with E-state index in [9.17, 15) is 4.79 Å². The van der Waals surface area contributed by atoms with Crippen molar-refractivity contribution in [2.75, 3.05) is 6.54 Å². The maximum Gasteiger partial charge on any atom is 0.270 e. The van der Waals surface area contributed by atoms with Crippen LogP contribution in [0.25, 0.3) is 22.6 Å². The monoisotopic (exact) mass is 400 g/mol. The molecule has 0 atom stereocenters. The Morgan fingerprint density at radius 1 is 1.03 bits per heavy atom. The summed E-state index contributed by atoms with van der Waals surface area (Å²) in [6.07, 6.45) is 7.21. The van der Waals surface area contributed by atoms with E-state index in [0.29, 0.717) is 24.6 Å². The van der Waals surface area contributed by atoms with Crippen molar-refractivity contribution in [2.45, 2.75) is 13.5 Å². The Morgan fingerprint density at radius 2 is 1.77 bits per heavy atom. The van der Waals surface area contributed by atoms with E-state index in [2.05, 4.69) is 15.1 Å². The summed E-state index contributed by atoms with van der Waals surface area (Å²) in [5.41, 5.74) is 4.37. The minimum atomic E-state index is 0.00234. The first kappa shape index (κ1) is 19.6. The second-order valence-corrected chi connectivity index (χ2v) is 7.17. The molecule has 0 aliphatic rings. The van der Waals surface area contributed by atoms with Gasteiger partial charge in [-0.1, -0.05) is 30.3 Å². The molecule has 0 spiro atoms. The van der Waals surface area contributed by atoms with Crippen LogP contribution in [0.15, 0.2) is 67.3 Å². The molecule has 3 aromatic heterocycles. The Balaban J connectivity index is 1.56. The predicted octanol–water partition coefficient (Wildman–Crippen LogP) is 3.54. The molecule has 4 rings (SSSR count). The molecule has 0 bridgehead atoms. The van der Waals surface area contributed by atoms with Crippen molar-refractivity contribution in [2.24, 2.45) is 14.1 Å². The van der Waals surface area contributed by atoms with Crippen LogP contribution in [0.3, 0.4) is 0 Å². The SMILES string of the molecule is CCN(Cc1ccccc1)C(=O)c1cc(-c2cnc(-c3ccnn3C)nc2)cn1C. The van der Waals surface area contributed by atoms with Crippen LogP contribution < -0.4 is 0 Å². The number of nitrogens with zero attached hydrogens (tertiary/aromatic N) is 6. The van der Waals surface area contributed by atoms with Crippen molar-refractivity contribution >= 4 is 5.91 Å². The van der Waals surface area contributed by atoms with Crippen LogP contribution in [-0.2, 0) is 20.6 Å². The van der Waals surface area contributed by atoms with Gasteiger partial charge in [0.15, 0.2) is 5.82 Å². The summed E-state index contributed by atoms with van der Waals surface area (Å²) >= 11 is 0. The average molecular weight is 400 g/mol. The number of rotatable bonds is 6. The van der Waals surface area contributed by atoms with Crippen LogP contribution in [-0.4, -0.2) is 41.7 Å². The Morgan fingerprint density at radius 3 is 2.40 bits per heavy atom. The van der Waals surface area contributed by atoms with Gasteiger partial charge in [0.05, 0.1) is 0 Å². The average Bonchev–Trinajstić information content (AvgIpc) is 3.38. The van der Waals surface area contributed by atoms with E-state index in [-0.39, 0.29) is 5.91 Å². The molecular formula is C23H24N6O. The van der Waals surface area contributed by atoms with E-state index in [1.54, 1.807) is 23.3 Å². The Kier molecular flexibility index (Phi) is 5.43. The first-order chi connectivity index (χ1) is 14.6. The van der Waals surface area contributed by atoms with Gasteiger partial charge < -0.3 is 9.47 Å². The lowest BCUT2D eigenvalue weighted by molar-refractivity contribution is 0.0743. The number of benzene rings is 1. The van der Waals surface area contributed by atoms with E-state index in [1.807, 2.05) is 79.1 Å². The summed E-state index contributed by atoms with van der Waals surface area (Å²) in [7, 11) is 3.74. The number of amides is 1. The smallest absolute Gasteiger partial charge is 0.270 e. The lowest BCUT2D eigenvalue weighted by Crippen LogP contribution is -2.31. The first-order valence-electron chi connectivity index (χ1n) is 9.87. The molecule has 0 fully saturated rings. The van der Waals surface area contributed by atoms with Crippen LogP contribution in [0, 0.1) is 0 Å². The fourth-order valence-corrected chi connectivity index (χ4v) is 3.43. The van der Waals surface area contributed by atoms with Crippen molar-refractivity contribution in [1.82, 2.24) is 29.2 Å². The Bertz CT molecular complexity index is 1140. The highest BCUT2D eigenvalue weighted by Gasteiger charge is 2.19. The molecule has 0 N–H and O–H groups in total. The van der Waals surface area contributed by atoms with Gasteiger partial charge in [0.2, 0.25) is 0 Å². The zero-order chi connectivity index (χ0) is 21.1. The van der Waals surface area contributed by atoms with Crippen LogP contribution in [0.1, 0.15) is 23.0 Å². The molecule has 0 aliphatic heterocycles. The van der Waals surface area contributed by atoms with E-state index in [1.165, 1.54) is 0 Å². The van der Waals surface area contributed by atoms with Gasteiger partial charge >= 0.3 is 0 Å². The maximum atomic E-state index is 13.2. The number of carbonyl (C=O) groups excluding carboxylic acids is 1. The summed E-state index contributed by atoms with van der Waals surface area (Å²) in [5, 5.41) is 4.15. The van der Waals surface area contributed by atoms with Gasteiger partial charge in [-0.2, -0.15) is 5.10 Å². The molecule has 152 valence electrons. The van der Waals surface area contributed by atoms with Crippen molar-refractivity contribution < 1.29 is 4.79 Å². The van der Waals surface area contributed by atoms with E-state index < -0.39 is 0 Å². The second kappa shape index (κ2) is 8.32. The van der Waals surface area contributed by atoms with Gasteiger partial charge in [-0.15, -0.1) is 0 Å². The van der Waals surface area contributed by atoms with Crippen molar-refractivity contribution in [3.05, 3.63) is 78.5 Å². The molecule has 7 nitrogen and oxygen atoms in total. The molecule has 3 heterocycles. The second-order valence-electron chi connectivity index (χ2n) is 7.17. The predicted molar refractivity (Wildman–Crippen MR) is 115 cm³/mol. The zero-order valence-electron chi connectivity index (χ0n) is 17.4. The standard InChI is InChI=1S/C23H24N6O/c1-4-29(15-17-8-6-5-7-9-17)23(30)21-12-18(16-27(21)2)19-13-24-22(25-14-19)20-10-11-26-28(20)3/h5-14,16H,4,15H2,1-3H3. The number of hydrogen-bond acceptors (Lipinski definition) is 4. The summed E-state index contributed by atoms with van der Waals surface area (Å²) < 4.78 is 3.60. The Hall–Kier alpha value is -3.74. The third-order valence-corrected chi connectivity index (χ3v) is 5.14. The fourth-order valence-electron chi connectivity index (χ4n) is 3.43. The molecule has 1 amide bonds. The molecule has 0 radical (unpaired) electrons. The molecule has 0 unspecified atom stereocenters. The van der Waals surface area contributed by atoms with Crippen LogP contribution >= 0.6 is 0 Å². The minimum Gasteiger partial charge on any atom is -0.346 e. The number of hydrogen-bond donors (Lipinski definition) is 0. The van der Waals surface area contributed by atoms with E-state index >= 15 is 0 Å². The highest BCUT2D eigenvalue weighted by atomic mass is 16.2. The summed E-state index contributed by atoms with van der Waals surface area (Å²) in [6, 6.07) is 13.8. The van der Waals surface area contributed by atoms with Gasteiger partial charge in [-0.05, 0) is 24.6 Å². The van der Waals surface area contributed by atoms with Crippen molar-refractivity contribution in [3.63, 3.8) is 0 Å². The molecule has 0 aliphatic carbocycles. The lowest BCUT2D eigenvalue weighted by atomic mass is 10.1. The van der Waals surface area contributed by atoms with Gasteiger partial charge in [0.1, 0.15) is 11.4 Å². The molecule has 4 aromatic rings. The summed E-state index contributed by atoms with van der Waals surface area (Å²) in [4.78, 5) is 23.9. The molecule has 0 saturated heterocycles. The highest BCUT2D eigenvalue weighted by Crippen LogP contribution is 2.23.